The molecule has 0 N–H and O–H groups in total. The Morgan fingerprint density at radius 3 is 2.83 bits per heavy atom. The fourth-order valence-electron chi connectivity index (χ4n) is 2.79. The molecule has 0 saturated carbocycles. The summed E-state index contributed by atoms with van der Waals surface area (Å²) >= 11 is 1.69. The quantitative estimate of drug-likeness (QED) is 0.790. The van der Waals surface area contributed by atoms with Crippen molar-refractivity contribution in [3.63, 3.8) is 0 Å². The summed E-state index contributed by atoms with van der Waals surface area (Å²) in [6.07, 6.45) is 2.92. The van der Waals surface area contributed by atoms with E-state index in [1.807, 2.05) is 47.6 Å². The van der Waals surface area contributed by atoms with Crippen molar-refractivity contribution in [2.24, 2.45) is 10.1 Å². The summed E-state index contributed by atoms with van der Waals surface area (Å²) in [5.41, 5.74) is 2.32. The summed E-state index contributed by atoms with van der Waals surface area (Å²) in [7, 11) is 0. The largest absolute Gasteiger partial charge is 0.493 e. The summed E-state index contributed by atoms with van der Waals surface area (Å²) in [4.78, 5) is 4.77. The summed E-state index contributed by atoms with van der Waals surface area (Å²) in [6.45, 7) is 0.650. The van der Waals surface area contributed by atoms with Crippen LogP contribution in [0.5, 0.6) is 5.75 Å². The van der Waals surface area contributed by atoms with Gasteiger partial charge in [0, 0.05) is 24.0 Å². The zero-order chi connectivity index (χ0) is 15.5. The maximum atomic E-state index is 5.75. The predicted octanol–water partition coefficient (Wildman–Crippen LogP) is 4.23. The van der Waals surface area contributed by atoms with Crippen molar-refractivity contribution in [2.75, 3.05) is 12.4 Å². The van der Waals surface area contributed by atoms with E-state index in [0.717, 1.165) is 28.8 Å². The lowest BCUT2D eigenvalue weighted by atomic mass is 10.0. The Hall–Kier alpha value is -2.27. The van der Waals surface area contributed by atoms with Crippen LogP contribution in [0, 0.1) is 0 Å². The number of fused-ring (bicyclic) bond motifs is 3. The predicted molar refractivity (Wildman–Crippen MR) is 95.6 cm³/mol. The lowest BCUT2D eigenvalue weighted by Gasteiger charge is -2.29. The molecule has 0 amide bonds. The molecule has 0 fully saturated rings. The monoisotopic (exact) mass is 323 g/mol. The van der Waals surface area contributed by atoms with Crippen molar-refractivity contribution in [1.82, 2.24) is 5.01 Å². The van der Waals surface area contributed by atoms with Gasteiger partial charge in [0.05, 0.1) is 18.3 Å². The Labute approximate surface area is 139 Å². The van der Waals surface area contributed by atoms with Crippen molar-refractivity contribution in [2.45, 2.75) is 12.5 Å². The van der Waals surface area contributed by atoms with E-state index in [9.17, 15) is 0 Å². The summed E-state index contributed by atoms with van der Waals surface area (Å²) in [5.74, 6) is 1.75. The molecule has 2 aliphatic rings. The summed E-state index contributed by atoms with van der Waals surface area (Å²) < 4.78 is 5.75. The van der Waals surface area contributed by atoms with Crippen LogP contribution in [0.25, 0.3) is 0 Å². The second kappa shape index (κ2) is 6.46. The third kappa shape index (κ3) is 2.97. The molecule has 2 heterocycles. The van der Waals surface area contributed by atoms with E-state index in [1.165, 1.54) is 5.56 Å². The van der Waals surface area contributed by atoms with Gasteiger partial charge in [-0.2, -0.15) is 5.10 Å². The van der Waals surface area contributed by atoms with Gasteiger partial charge in [-0.15, -0.1) is 0 Å². The molecule has 0 radical (unpaired) electrons. The standard InChI is InChI=1S/C18H17N3OS/c1-2-6-14(7-3-1)22-12-13-23-18-20-16-9-5-4-8-15(16)17-10-11-19-21(17)18/h1-9,11,17H,10,12-13H2. The van der Waals surface area contributed by atoms with Crippen LogP contribution in [0.2, 0.25) is 0 Å². The van der Waals surface area contributed by atoms with E-state index in [2.05, 4.69) is 23.3 Å². The Kier molecular flexibility index (Phi) is 4.03. The molecule has 5 heteroatoms. The lowest BCUT2D eigenvalue weighted by Crippen LogP contribution is -2.28. The van der Waals surface area contributed by atoms with Crippen LogP contribution in [0.1, 0.15) is 18.0 Å². The maximum absolute atomic E-state index is 5.75. The van der Waals surface area contributed by atoms with E-state index in [1.54, 1.807) is 11.8 Å². The molecule has 2 aromatic rings. The number of hydrogen-bond acceptors (Lipinski definition) is 5. The average molecular weight is 323 g/mol. The van der Waals surface area contributed by atoms with Crippen LogP contribution < -0.4 is 4.74 Å². The minimum Gasteiger partial charge on any atom is -0.493 e. The minimum atomic E-state index is 0.293. The molecule has 0 bridgehead atoms. The van der Waals surface area contributed by atoms with E-state index in [4.69, 9.17) is 9.73 Å². The number of rotatable bonds is 4. The maximum Gasteiger partial charge on any atom is 0.185 e. The van der Waals surface area contributed by atoms with E-state index in [-0.39, 0.29) is 0 Å². The van der Waals surface area contributed by atoms with Gasteiger partial charge in [0.25, 0.3) is 0 Å². The highest BCUT2D eigenvalue weighted by atomic mass is 32.2. The highest BCUT2D eigenvalue weighted by molar-refractivity contribution is 8.13. The molecule has 4 rings (SSSR count). The van der Waals surface area contributed by atoms with Crippen LogP contribution in [-0.4, -0.2) is 28.8 Å². The molecule has 4 nitrogen and oxygen atoms in total. The molecule has 2 aromatic carbocycles. The van der Waals surface area contributed by atoms with E-state index >= 15 is 0 Å². The highest BCUT2D eigenvalue weighted by Gasteiger charge is 2.32. The number of para-hydroxylation sites is 2. The molecule has 0 spiro atoms. The highest BCUT2D eigenvalue weighted by Crippen LogP contribution is 2.40. The second-order valence-electron chi connectivity index (χ2n) is 5.36. The van der Waals surface area contributed by atoms with Crippen molar-refractivity contribution >= 4 is 28.8 Å². The molecule has 0 aromatic heterocycles. The zero-order valence-electron chi connectivity index (χ0n) is 12.6. The van der Waals surface area contributed by atoms with E-state index < -0.39 is 0 Å². The number of amidine groups is 1. The fraction of sp³-hybridized carbons (Fsp3) is 0.222. The molecular weight excluding hydrogens is 306 g/mol. The van der Waals surface area contributed by atoms with Gasteiger partial charge in [-0.3, -0.25) is 0 Å². The number of benzene rings is 2. The van der Waals surface area contributed by atoms with Gasteiger partial charge >= 0.3 is 0 Å². The third-order valence-electron chi connectivity index (χ3n) is 3.86. The van der Waals surface area contributed by atoms with Crippen LogP contribution in [-0.2, 0) is 0 Å². The number of hydrogen-bond donors (Lipinski definition) is 0. The molecule has 1 unspecified atom stereocenters. The Morgan fingerprint density at radius 1 is 1.09 bits per heavy atom. The first-order chi connectivity index (χ1) is 11.4. The molecule has 23 heavy (non-hydrogen) atoms. The Balaban J connectivity index is 1.42. The normalized spacial score (nSPS) is 18.3. The molecule has 1 atom stereocenters. The van der Waals surface area contributed by atoms with Crippen LogP contribution >= 0.6 is 11.8 Å². The topological polar surface area (TPSA) is 37.2 Å². The summed E-state index contributed by atoms with van der Waals surface area (Å²) in [6, 6.07) is 18.5. The molecule has 2 aliphatic heterocycles. The van der Waals surface area contributed by atoms with Gasteiger partial charge in [-0.1, -0.05) is 48.2 Å². The van der Waals surface area contributed by atoms with Gasteiger partial charge in [-0.05, 0) is 18.2 Å². The molecule has 116 valence electrons. The van der Waals surface area contributed by atoms with Crippen molar-refractivity contribution < 1.29 is 4.74 Å². The first-order valence-corrected chi connectivity index (χ1v) is 8.70. The van der Waals surface area contributed by atoms with Crippen molar-refractivity contribution in [3.8, 4) is 5.75 Å². The SMILES string of the molecule is C1=NN2C(SCCOc3ccccc3)=Nc3ccccc3C2C1. The third-order valence-corrected chi connectivity index (χ3v) is 4.77. The average Bonchev–Trinajstić information content (AvgIpc) is 3.10. The fourth-order valence-corrected chi connectivity index (χ4v) is 3.61. The van der Waals surface area contributed by atoms with Crippen LogP contribution in [0.15, 0.2) is 64.7 Å². The van der Waals surface area contributed by atoms with Crippen LogP contribution in [0.4, 0.5) is 5.69 Å². The second-order valence-corrected chi connectivity index (χ2v) is 6.42. The van der Waals surface area contributed by atoms with Crippen molar-refractivity contribution in [3.05, 3.63) is 60.2 Å². The number of hydrazone groups is 1. The molecular formula is C18H17N3OS. The number of thioether (sulfide) groups is 1. The molecule has 0 aliphatic carbocycles. The zero-order valence-corrected chi connectivity index (χ0v) is 13.4. The molecule has 0 saturated heterocycles. The lowest BCUT2D eigenvalue weighted by molar-refractivity contribution is 0.343. The minimum absolute atomic E-state index is 0.293. The van der Waals surface area contributed by atoms with Crippen molar-refractivity contribution in [1.29, 1.82) is 0 Å². The first-order valence-electron chi connectivity index (χ1n) is 7.72. The van der Waals surface area contributed by atoms with Crippen LogP contribution in [0.3, 0.4) is 0 Å². The first kappa shape index (κ1) is 14.3. The summed E-state index contributed by atoms with van der Waals surface area (Å²) in [5, 5.41) is 7.49. The van der Waals surface area contributed by atoms with Gasteiger partial charge < -0.3 is 4.74 Å². The Morgan fingerprint density at radius 2 is 1.91 bits per heavy atom. The van der Waals surface area contributed by atoms with Gasteiger partial charge in [0.2, 0.25) is 0 Å². The van der Waals surface area contributed by atoms with Gasteiger partial charge in [0.15, 0.2) is 5.17 Å². The number of nitrogens with zero attached hydrogens (tertiary/aromatic N) is 3. The number of aliphatic imine (C=N–C) groups is 1. The smallest absolute Gasteiger partial charge is 0.185 e. The Bertz CT molecular complexity index is 745. The van der Waals surface area contributed by atoms with E-state index in [0.29, 0.717) is 12.6 Å². The van der Waals surface area contributed by atoms with Gasteiger partial charge in [-0.25, -0.2) is 10.0 Å². The number of ether oxygens (including phenoxy) is 1. The van der Waals surface area contributed by atoms with Gasteiger partial charge in [0.1, 0.15) is 5.75 Å².